The highest BCUT2D eigenvalue weighted by atomic mass is 16.6. The number of fused-ring (bicyclic) bond motifs is 2. The van der Waals surface area contributed by atoms with Crippen LogP contribution in [-0.2, 0) is 14.3 Å². The number of amides is 1. The maximum Gasteiger partial charge on any atom is 0.313 e. The summed E-state index contributed by atoms with van der Waals surface area (Å²) in [5.74, 6) is -0.632. The summed E-state index contributed by atoms with van der Waals surface area (Å²) >= 11 is 0. The van der Waals surface area contributed by atoms with Gasteiger partial charge in [-0.25, -0.2) is 0 Å². The van der Waals surface area contributed by atoms with Crippen molar-refractivity contribution in [1.82, 2.24) is 0 Å². The van der Waals surface area contributed by atoms with Crippen LogP contribution in [0.5, 0.6) is 5.75 Å². The Morgan fingerprint density at radius 3 is 2.48 bits per heavy atom. The topological polar surface area (TPSA) is 108 Å². The van der Waals surface area contributed by atoms with Gasteiger partial charge in [0.1, 0.15) is 11.4 Å². The summed E-state index contributed by atoms with van der Waals surface area (Å²) in [7, 11) is 1.40. The Kier molecular flexibility index (Phi) is 3.56. The van der Waals surface area contributed by atoms with Crippen LogP contribution < -0.4 is 10.1 Å². The van der Waals surface area contributed by atoms with Crippen LogP contribution in [0, 0.1) is 20.9 Å². The molecule has 3 rings (SSSR count). The first-order valence-electron chi connectivity index (χ1n) is 7.96. The molecule has 1 saturated carbocycles. The number of hydrogen-bond donors (Lipinski definition) is 1. The first kappa shape index (κ1) is 17.2. The molecule has 0 spiro atoms. The fraction of sp³-hybridized carbons (Fsp3) is 0.529. The van der Waals surface area contributed by atoms with Crippen LogP contribution >= 0.6 is 0 Å². The number of nitro groups is 1. The number of rotatable bonds is 4. The maximum absolute atomic E-state index is 13.0. The number of carbonyl (C=O) groups is 2. The van der Waals surface area contributed by atoms with E-state index >= 15 is 0 Å². The molecular formula is C17H20N2O6. The molecule has 1 aromatic rings. The lowest BCUT2D eigenvalue weighted by Gasteiger charge is -2.35. The molecule has 0 radical (unpaired) electrons. The van der Waals surface area contributed by atoms with Gasteiger partial charge in [0.2, 0.25) is 0 Å². The van der Waals surface area contributed by atoms with Gasteiger partial charge in [-0.3, -0.25) is 19.7 Å². The lowest BCUT2D eigenvalue weighted by Crippen LogP contribution is -2.50. The summed E-state index contributed by atoms with van der Waals surface area (Å²) in [6.07, 6.45) is 0.926. The van der Waals surface area contributed by atoms with Crippen molar-refractivity contribution in [3.8, 4) is 5.75 Å². The summed E-state index contributed by atoms with van der Waals surface area (Å²) < 4.78 is 10.5. The molecule has 1 amide bonds. The minimum atomic E-state index is -1.33. The van der Waals surface area contributed by atoms with Crippen molar-refractivity contribution in [1.29, 1.82) is 0 Å². The van der Waals surface area contributed by atoms with E-state index in [9.17, 15) is 19.7 Å². The molecule has 134 valence electrons. The van der Waals surface area contributed by atoms with Gasteiger partial charge >= 0.3 is 5.97 Å². The van der Waals surface area contributed by atoms with Gasteiger partial charge in [-0.1, -0.05) is 13.8 Å². The van der Waals surface area contributed by atoms with Crippen molar-refractivity contribution in [3.63, 3.8) is 0 Å². The Bertz CT molecular complexity index is 789. The first-order valence-corrected chi connectivity index (χ1v) is 7.96. The van der Waals surface area contributed by atoms with E-state index in [2.05, 4.69) is 5.32 Å². The summed E-state index contributed by atoms with van der Waals surface area (Å²) in [4.78, 5) is 35.9. The molecule has 1 N–H and O–H groups in total. The average Bonchev–Trinajstić information content (AvgIpc) is 2.85. The number of nitrogens with zero attached hydrogens (tertiary/aromatic N) is 1. The van der Waals surface area contributed by atoms with Crippen LogP contribution in [0.15, 0.2) is 18.2 Å². The molecule has 0 unspecified atom stereocenters. The number of anilines is 1. The number of methoxy groups -OCH3 is 1. The van der Waals surface area contributed by atoms with Crippen LogP contribution in [0.2, 0.25) is 0 Å². The third-order valence-corrected chi connectivity index (χ3v) is 6.10. The molecule has 8 nitrogen and oxygen atoms in total. The van der Waals surface area contributed by atoms with E-state index in [0.717, 1.165) is 0 Å². The van der Waals surface area contributed by atoms with E-state index in [1.807, 2.05) is 13.8 Å². The van der Waals surface area contributed by atoms with Gasteiger partial charge in [0, 0.05) is 5.41 Å². The number of carbonyl (C=O) groups excluding carboxylic acids is 2. The molecule has 25 heavy (non-hydrogen) atoms. The van der Waals surface area contributed by atoms with Crippen molar-refractivity contribution < 1.29 is 24.0 Å². The zero-order valence-corrected chi connectivity index (χ0v) is 14.5. The van der Waals surface area contributed by atoms with Crippen molar-refractivity contribution >= 4 is 23.3 Å². The number of esters is 1. The number of nitrogens with one attached hydrogen (secondary N) is 1. The molecular weight excluding hydrogens is 328 g/mol. The molecule has 1 aliphatic carbocycles. The Morgan fingerprint density at radius 1 is 1.32 bits per heavy atom. The Morgan fingerprint density at radius 2 is 2.00 bits per heavy atom. The highest BCUT2D eigenvalue weighted by Crippen LogP contribution is 2.65. The normalized spacial score (nSPS) is 29.2. The Labute approximate surface area is 144 Å². The van der Waals surface area contributed by atoms with E-state index < -0.39 is 33.2 Å². The van der Waals surface area contributed by atoms with Crippen molar-refractivity contribution in [2.45, 2.75) is 39.2 Å². The summed E-state index contributed by atoms with van der Waals surface area (Å²) in [6, 6.07) is 4.16. The second-order valence-electron chi connectivity index (χ2n) is 7.27. The molecule has 1 aliphatic heterocycles. The lowest BCUT2D eigenvalue weighted by atomic mass is 9.66. The van der Waals surface area contributed by atoms with Gasteiger partial charge in [-0.15, -0.1) is 0 Å². The van der Waals surface area contributed by atoms with Crippen LogP contribution in [0.25, 0.3) is 0 Å². The van der Waals surface area contributed by atoms with E-state index in [1.165, 1.54) is 25.3 Å². The molecule has 2 bridgehead atoms. The third-order valence-electron chi connectivity index (χ3n) is 6.10. The number of hydrogen-bond acceptors (Lipinski definition) is 6. The maximum atomic E-state index is 13.0. The monoisotopic (exact) mass is 348 g/mol. The number of ether oxygens (including phenoxy) is 2. The molecule has 1 saturated heterocycles. The molecule has 8 heteroatoms. The third kappa shape index (κ3) is 2.06. The quantitative estimate of drug-likeness (QED) is 0.509. The minimum Gasteiger partial charge on any atom is -0.496 e. The van der Waals surface area contributed by atoms with E-state index in [1.54, 1.807) is 6.92 Å². The van der Waals surface area contributed by atoms with Crippen molar-refractivity contribution in [3.05, 3.63) is 28.3 Å². The lowest BCUT2D eigenvalue weighted by molar-refractivity contribution is -0.384. The summed E-state index contributed by atoms with van der Waals surface area (Å²) in [5, 5.41) is 13.9. The van der Waals surface area contributed by atoms with Crippen molar-refractivity contribution in [2.24, 2.45) is 10.8 Å². The number of benzene rings is 1. The summed E-state index contributed by atoms with van der Waals surface area (Å²) in [6.45, 7) is 5.45. The fourth-order valence-corrected chi connectivity index (χ4v) is 3.87. The fourth-order valence-electron chi connectivity index (χ4n) is 3.87. The molecule has 2 atom stereocenters. The van der Waals surface area contributed by atoms with Crippen molar-refractivity contribution in [2.75, 3.05) is 12.4 Å². The minimum absolute atomic E-state index is 0.0394. The van der Waals surface area contributed by atoms with Crippen LogP contribution in [0.1, 0.15) is 33.6 Å². The highest BCUT2D eigenvalue weighted by molar-refractivity contribution is 6.04. The summed E-state index contributed by atoms with van der Waals surface area (Å²) in [5.41, 5.74) is -3.03. The molecule has 2 fully saturated rings. The van der Waals surface area contributed by atoms with Gasteiger partial charge in [-0.05, 0) is 31.9 Å². The van der Waals surface area contributed by atoms with E-state index in [0.29, 0.717) is 18.6 Å². The first-order chi connectivity index (χ1) is 11.6. The predicted octanol–water partition coefficient (Wildman–Crippen LogP) is 2.66. The van der Waals surface area contributed by atoms with Gasteiger partial charge in [0.05, 0.1) is 23.5 Å². The van der Waals surface area contributed by atoms with E-state index in [-0.39, 0.29) is 11.4 Å². The second-order valence-corrected chi connectivity index (χ2v) is 7.27. The van der Waals surface area contributed by atoms with Crippen LogP contribution in [0.3, 0.4) is 0 Å². The second kappa shape index (κ2) is 5.18. The standard InChI is InChI=1S/C17H20N2O6/c1-15(2)16(3)7-8-17(15,25-14(16)21)13(20)18-11-6-5-10(24-4)9-12(11)19(22)23/h5-6,9H,7-8H2,1-4H3,(H,18,20)/t16-,17-/m1/s1. The number of nitro benzene ring substituents is 1. The SMILES string of the molecule is COc1ccc(NC(=O)[C@@]23CC[C@](C)(C(=O)O2)C3(C)C)c([N+](=O)[O-])c1. The molecule has 1 heterocycles. The van der Waals surface area contributed by atoms with Gasteiger partial charge < -0.3 is 14.8 Å². The van der Waals surface area contributed by atoms with Crippen LogP contribution in [0.4, 0.5) is 11.4 Å². The molecule has 2 aliphatic rings. The average molecular weight is 348 g/mol. The predicted molar refractivity (Wildman–Crippen MR) is 88.2 cm³/mol. The largest absolute Gasteiger partial charge is 0.496 e. The van der Waals surface area contributed by atoms with Crippen LogP contribution in [-0.4, -0.2) is 29.5 Å². The van der Waals surface area contributed by atoms with Gasteiger partial charge in [0.15, 0.2) is 5.60 Å². The molecule has 0 aromatic heterocycles. The van der Waals surface area contributed by atoms with E-state index in [4.69, 9.17) is 9.47 Å². The highest BCUT2D eigenvalue weighted by Gasteiger charge is 2.75. The smallest absolute Gasteiger partial charge is 0.313 e. The zero-order valence-electron chi connectivity index (χ0n) is 14.5. The Balaban J connectivity index is 1.97. The van der Waals surface area contributed by atoms with Gasteiger partial charge in [-0.2, -0.15) is 0 Å². The van der Waals surface area contributed by atoms with Gasteiger partial charge in [0.25, 0.3) is 11.6 Å². The molecule has 1 aromatic carbocycles. The zero-order chi connectivity index (χ0) is 18.6. The Hall–Kier alpha value is -2.64.